The molecule has 0 aliphatic carbocycles. The fourth-order valence-electron chi connectivity index (χ4n) is 3.32. The maximum Gasteiger partial charge on any atom is 0.184 e. The monoisotopic (exact) mass is 388 g/mol. The molecular formula is C19H21BrN2O2. The first-order chi connectivity index (χ1) is 11.8. The second-order valence-electron chi connectivity index (χ2n) is 6.09. The fraction of sp³-hybridized carbons (Fsp3) is 0.368. The van der Waals surface area contributed by atoms with E-state index in [4.69, 9.17) is 9.47 Å². The third-order valence-corrected chi connectivity index (χ3v) is 5.24. The number of benzene rings is 2. The summed E-state index contributed by atoms with van der Waals surface area (Å²) in [4.78, 5) is 4.88. The number of anilines is 2. The van der Waals surface area contributed by atoms with Gasteiger partial charge in [0.05, 0.1) is 18.9 Å². The van der Waals surface area contributed by atoms with Gasteiger partial charge in [-0.3, -0.25) is 0 Å². The summed E-state index contributed by atoms with van der Waals surface area (Å²) in [6.07, 6.45) is -0.217. The molecule has 0 spiro atoms. The summed E-state index contributed by atoms with van der Waals surface area (Å²) >= 11 is 3.72. The third-order valence-electron chi connectivity index (χ3n) is 4.61. The first-order valence-corrected chi connectivity index (χ1v) is 9.18. The second kappa shape index (κ2) is 7.13. The van der Waals surface area contributed by atoms with E-state index in [1.165, 1.54) is 11.4 Å². The maximum absolute atomic E-state index is 5.58. The number of hydrogen-bond acceptors (Lipinski definition) is 4. The minimum Gasteiger partial charge on any atom is -0.368 e. The van der Waals surface area contributed by atoms with Crippen molar-refractivity contribution in [2.45, 2.75) is 6.29 Å². The smallest absolute Gasteiger partial charge is 0.184 e. The highest BCUT2D eigenvalue weighted by Gasteiger charge is 2.22. The van der Waals surface area contributed by atoms with Crippen molar-refractivity contribution in [1.29, 1.82) is 0 Å². The lowest BCUT2D eigenvalue weighted by Gasteiger charge is -2.38. The van der Waals surface area contributed by atoms with Gasteiger partial charge in [-0.05, 0) is 40.2 Å². The Kier molecular flexibility index (Phi) is 4.74. The Labute approximate surface area is 151 Å². The highest BCUT2D eigenvalue weighted by molar-refractivity contribution is 9.10. The van der Waals surface area contributed by atoms with Crippen LogP contribution in [0.3, 0.4) is 0 Å². The highest BCUT2D eigenvalue weighted by Crippen LogP contribution is 2.33. The molecule has 0 amide bonds. The Morgan fingerprint density at radius 3 is 2.17 bits per heavy atom. The van der Waals surface area contributed by atoms with E-state index in [1.807, 2.05) is 0 Å². The number of nitrogens with zero attached hydrogens (tertiary/aromatic N) is 2. The molecule has 2 fully saturated rings. The van der Waals surface area contributed by atoms with Crippen LogP contribution in [0.25, 0.3) is 0 Å². The van der Waals surface area contributed by atoms with Crippen LogP contribution in [0.15, 0.2) is 53.0 Å². The van der Waals surface area contributed by atoms with Crippen LogP contribution >= 0.6 is 15.9 Å². The molecule has 2 aliphatic rings. The molecule has 0 saturated carbocycles. The molecule has 0 atom stereocenters. The van der Waals surface area contributed by atoms with Crippen molar-refractivity contribution in [2.24, 2.45) is 0 Å². The van der Waals surface area contributed by atoms with E-state index < -0.39 is 0 Å². The molecule has 4 nitrogen and oxygen atoms in total. The molecule has 24 heavy (non-hydrogen) atoms. The normalized spacial score (nSPS) is 19.0. The predicted molar refractivity (Wildman–Crippen MR) is 99.7 cm³/mol. The van der Waals surface area contributed by atoms with Crippen molar-refractivity contribution in [3.8, 4) is 0 Å². The summed E-state index contributed by atoms with van der Waals surface area (Å²) in [5.41, 5.74) is 3.62. The molecule has 0 bridgehead atoms. The Balaban J connectivity index is 1.43. The van der Waals surface area contributed by atoms with Crippen molar-refractivity contribution >= 4 is 27.3 Å². The van der Waals surface area contributed by atoms with Gasteiger partial charge in [-0.2, -0.15) is 0 Å². The molecule has 126 valence electrons. The SMILES string of the molecule is Brc1cc(C2OCCO2)ccc1N1CCN(c2ccccc2)CC1. The van der Waals surface area contributed by atoms with Crippen LogP contribution in [0.1, 0.15) is 11.9 Å². The van der Waals surface area contributed by atoms with Crippen LogP contribution in [-0.4, -0.2) is 39.4 Å². The lowest BCUT2D eigenvalue weighted by Crippen LogP contribution is -2.46. The number of halogens is 1. The molecule has 4 rings (SSSR count). The summed E-state index contributed by atoms with van der Waals surface area (Å²) < 4.78 is 12.3. The Hall–Kier alpha value is -1.56. The zero-order chi connectivity index (χ0) is 16.4. The van der Waals surface area contributed by atoms with Crippen LogP contribution in [0.2, 0.25) is 0 Å². The number of ether oxygens (including phenoxy) is 2. The number of hydrogen-bond donors (Lipinski definition) is 0. The van der Waals surface area contributed by atoms with Crippen LogP contribution in [0, 0.1) is 0 Å². The van der Waals surface area contributed by atoms with E-state index in [9.17, 15) is 0 Å². The van der Waals surface area contributed by atoms with E-state index in [0.717, 1.165) is 36.2 Å². The zero-order valence-electron chi connectivity index (χ0n) is 13.5. The Morgan fingerprint density at radius 1 is 0.833 bits per heavy atom. The van der Waals surface area contributed by atoms with Gasteiger partial charge >= 0.3 is 0 Å². The van der Waals surface area contributed by atoms with Gasteiger partial charge in [-0.25, -0.2) is 0 Å². The van der Waals surface area contributed by atoms with E-state index in [2.05, 4.69) is 74.3 Å². The molecular weight excluding hydrogens is 368 g/mol. The van der Waals surface area contributed by atoms with Gasteiger partial charge in [-0.1, -0.05) is 24.3 Å². The average molecular weight is 389 g/mol. The molecule has 2 heterocycles. The molecule has 0 radical (unpaired) electrons. The van der Waals surface area contributed by atoms with E-state index in [1.54, 1.807) is 0 Å². The predicted octanol–water partition coefficient (Wildman–Crippen LogP) is 3.82. The molecule has 2 aromatic rings. The lowest BCUT2D eigenvalue weighted by atomic mass is 10.1. The van der Waals surface area contributed by atoms with Gasteiger partial charge in [0.15, 0.2) is 6.29 Å². The number of piperazine rings is 1. The zero-order valence-corrected chi connectivity index (χ0v) is 15.1. The summed E-state index contributed by atoms with van der Waals surface area (Å²) in [6, 6.07) is 17.0. The quantitative estimate of drug-likeness (QED) is 0.797. The molecule has 2 saturated heterocycles. The molecule has 2 aromatic carbocycles. The first kappa shape index (κ1) is 15.9. The largest absolute Gasteiger partial charge is 0.368 e. The summed E-state index contributed by atoms with van der Waals surface area (Å²) in [5, 5.41) is 0. The van der Waals surface area contributed by atoms with E-state index in [-0.39, 0.29) is 6.29 Å². The van der Waals surface area contributed by atoms with Crippen LogP contribution < -0.4 is 9.80 Å². The number of para-hydroxylation sites is 1. The summed E-state index contributed by atoms with van der Waals surface area (Å²) in [5.74, 6) is 0. The van der Waals surface area contributed by atoms with Crippen molar-refractivity contribution in [3.63, 3.8) is 0 Å². The lowest BCUT2D eigenvalue weighted by molar-refractivity contribution is -0.0441. The van der Waals surface area contributed by atoms with Gasteiger partial charge in [0.25, 0.3) is 0 Å². The molecule has 0 N–H and O–H groups in total. The van der Waals surface area contributed by atoms with E-state index in [0.29, 0.717) is 13.2 Å². The highest BCUT2D eigenvalue weighted by atomic mass is 79.9. The van der Waals surface area contributed by atoms with Gasteiger partial charge < -0.3 is 19.3 Å². The third kappa shape index (κ3) is 3.29. The van der Waals surface area contributed by atoms with Crippen LogP contribution in [0.4, 0.5) is 11.4 Å². The minimum absolute atomic E-state index is 0.217. The second-order valence-corrected chi connectivity index (χ2v) is 6.95. The fourth-order valence-corrected chi connectivity index (χ4v) is 3.97. The maximum atomic E-state index is 5.58. The van der Waals surface area contributed by atoms with E-state index >= 15 is 0 Å². The van der Waals surface area contributed by atoms with Gasteiger partial charge in [0.1, 0.15) is 0 Å². The Bertz CT molecular complexity index is 681. The van der Waals surface area contributed by atoms with Crippen molar-refractivity contribution in [3.05, 3.63) is 58.6 Å². The van der Waals surface area contributed by atoms with Crippen molar-refractivity contribution in [2.75, 3.05) is 49.2 Å². The van der Waals surface area contributed by atoms with Gasteiger partial charge in [-0.15, -0.1) is 0 Å². The standard InChI is InChI=1S/C19H21BrN2O2/c20-17-14-15(19-23-12-13-24-19)6-7-18(17)22-10-8-21(9-11-22)16-4-2-1-3-5-16/h1-7,14,19H,8-13H2. The average Bonchev–Trinajstić information content (AvgIpc) is 3.17. The molecule has 0 unspecified atom stereocenters. The first-order valence-electron chi connectivity index (χ1n) is 8.39. The number of rotatable bonds is 3. The molecule has 2 aliphatic heterocycles. The molecule has 5 heteroatoms. The van der Waals surface area contributed by atoms with Crippen molar-refractivity contribution < 1.29 is 9.47 Å². The Morgan fingerprint density at radius 2 is 1.50 bits per heavy atom. The summed E-state index contributed by atoms with van der Waals surface area (Å²) in [6.45, 7) is 5.45. The van der Waals surface area contributed by atoms with Crippen molar-refractivity contribution in [1.82, 2.24) is 0 Å². The van der Waals surface area contributed by atoms with Crippen LogP contribution in [0.5, 0.6) is 0 Å². The molecule has 0 aromatic heterocycles. The summed E-state index contributed by atoms with van der Waals surface area (Å²) in [7, 11) is 0. The van der Waals surface area contributed by atoms with Crippen LogP contribution in [-0.2, 0) is 9.47 Å². The van der Waals surface area contributed by atoms with Gasteiger partial charge in [0.2, 0.25) is 0 Å². The topological polar surface area (TPSA) is 24.9 Å². The minimum atomic E-state index is -0.217. The van der Waals surface area contributed by atoms with Gasteiger partial charge in [0, 0.05) is 41.9 Å².